The summed E-state index contributed by atoms with van der Waals surface area (Å²) >= 11 is 1.56. The quantitative estimate of drug-likeness (QED) is 0.602. The van der Waals surface area contributed by atoms with Crippen molar-refractivity contribution in [3.63, 3.8) is 0 Å². The van der Waals surface area contributed by atoms with Gasteiger partial charge < -0.3 is 14.1 Å². The summed E-state index contributed by atoms with van der Waals surface area (Å²) < 4.78 is 24.7. The molecule has 0 aliphatic carbocycles. The zero-order chi connectivity index (χ0) is 20.2. The third-order valence-corrected chi connectivity index (χ3v) is 5.91. The van der Waals surface area contributed by atoms with Gasteiger partial charge in [0.05, 0.1) is 6.10 Å². The molecule has 3 heterocycles. The van der Waals surface area contributed by atoms with Crippen LogP contribution in [-0.4, -0.2) is 40.7 Å². The van der Waals surface area contributed by atoms with Crippen LogP contribution in [0.5, 0.6) is 0 Å². The first-order valence-corrected chi connectivity index (χ1v) is 10.5. The molecule has 1 aliphatic heterocycles. The van der Waals surface area contributed by atoms with Gasteiger partial charge in [0.1, 0.15) is 5.82 Å². The zero-order valence-electron chi connectivity index (χ0n) is 16.1. The summed E-state index contributed by atoms with van der Waals surface area (Å²) in [5.41, 5.74) is 1.83. The van der Waals surface area contributed by atoms with Gasteiger partial charge in [-0.2, -0.15) is 11.3 Å². The van der Waals surface area contributed by atoms with Crippen molar-refractivity contribution < 1.29 is 18.3 Å². The molecule has 152 valence electrons. The van der Waals surface area contributed by atoms with Crippen LogP contribution in [0.4, 0.5) is 4.39 Å². The number of benzene rings is 1. The van der Waals surface area contributed by atoms with Crippen molar-refractivity contribution in [3.8, 4) is 11.5 Å². The van der Waals surface area contributed by atoms with Crippen LogP contribution in [0.2, 0.25) is 0 Å². The summed E-state index contributed by atoms with van der Waals surface area (Å²) in [5, 5.41) is 12.0. The topological polar surface area (TPSA) is 68.5 Å². The standard InChI is InChI=1S/C21H22FN3O3S/c1-25(17-8-10-27-18(12-17)14-2-4-16(22)5-3-14)20(26)7-6-19-23-24-21(28-19)15-9-11-29-13-15/h2-5,9,11,13,17-18H,6-8,10,12H2,1H3/t17-,18-/m0/s1. The number of carbonyl (C=O) groups excluding carboxylic acids is 1. The summed E-state index contributed by atoms with van der Waals surface area (Å²) in [6.45, 7) is 0.567. The second-order valence-electron chi connectivity index (χ2n) is 7.11. The van der Waals surface area contributed by atoms with Crippen LogP contribution in [0.25, 0.3) is 11.5 Å². The van der Waals surface area contributed by atoms with Gasteiger partial charge in [-0.15, -0.1) is 10.2 Å². The van der Waals surface area contributed by atoms with Crippen molar-refractivity contribution in [1.29, 1.82) is 0 Å². The fourth-order valence-electron chi connectivity index (χ4n) is 3.49. The lowest BCUT2D eigenvalue weighted by atomic mass is 9.96. The van der Waals surface area contributed by atoms with Gasteiger partial charge in [-0.05, 0) is 42.0 Å². The molecule has 1 saturated heterocycles. The van der Waals surface area contributed by atoms with E-state index in [0.29, 0.717) is 37.7 Å². The number of rotatable bonds is 6. The molecular weight excluding hydrogens is 393 g/mol. The van der Waals surface area contributed by atoms with Crippen LogP contribution >= 0.6 is 11.3 Å². The maximum absolute atomic E-state index is 13.2. The number of thiophene rings is 1. The molecule has 8 heteroatoms. The van der Waals surface area contributed by atoms with Crippen LogP contribution in [0.15, 0.2) is 45.5 Å². The fourth-order valence-corrected chi connectivity index (χ4v) is 4.12. The summed E-state index contributed by atoms with van der Waals surface area (Å²) in [6, 6.07) is 8.35. The lowest BCUT2D eigenvalue weighted by molar-refractivity contribution is -0.135. The molecule has 2 atom stereocenters. The van der Waals surface area contributed by atoms with Gasteiger partial charge in [-0.3, -0.25) is 4.79 Å². The molecule has 1 fully saturated rings. The van der Waals surface area contributed by atoms with Gasteiger partial charge in [-0.25, -0.2) is 4.39 Å². The first kappa shape index (κ1) is 19.7. The number of amides is 1. The lowest BCUT2D eigenvalue weighted by Crippen LogP contribution is -2.41. The van der Waals surface area contributed by atoms with Crippen molar-refractivity contribution in [2.75, 3.05) is 13.7 Å². The second-order valence-corrected chi connectivity index (χ2v) is 7.89. The summed E-state index contributed by atoms with van der Waals surface area (Å²) in [7, 11) is 1.82. The van der Waals surface area contributed by atoms with E-state index in [-0.39, 0.29) is 23.9 Å². The van der Waals surface area contributed by atoms with Crippen molar-refractivity contribution in [2.45, 2.75) is 37.8 Å². The molecule has 1 aromatic carbocycles. The molecule has 0 bridgehead atoms. The van der Waals surface area contributed by atoms with Gasteiger partial charge >= 0.3 is 0 Å². The molecule has 29 heavy (non-hydrogen) atoms. The highest BCUT2D eigenvalue weighted by Crippen LogP contribution is 2.30. The van der Waals surface area contributed by atoms with E-state index in [0.717, 1.165) is 17.5 Å². The Labute approximate surface area is 172 Å². The number of halogens is 1. The molecule has 6 nitrogen and oxygen atoms in total. The molecule has 1 aliphatic rings. The third-order valence-electron chi connectivity index (χ3n) is 5.23. The van der Waals surface area contributed by atoms with Crippen LogP contribution in [0.3, 0.4) is 0 Å². The Bertz CT molecular complexity index is 943. The molecule has 0 unspecified atom stereocenters. The van der Waals surface area contributed by atoms with Gasteiger partial charge in [0, 0.05) is 43.5 Å². The van der Waals surface area contributed by atoms with Crippen molar-refractivity contribution >= 4 is 17.2 Å². The number of ether oxygens (including phenoxy) is 1. The van der Waals surface area contributed by atoms with E-state index < -0.39 is 0 Å². The molecule has 3 aromatic rings. The van der Waals surface area contributed by atoms with E-state index in [4.69, 9.17) is 9.15 Å². The SMILES string of the molecule is CN(C(=O)CCc1nnc(-c2ccsc2)o1)[C@H]1CCO[C@H](c2ccc(F)cc2)C1. The van der Waals surface area contributed by atoms with E-state index in [1.807, 2.05) is 23.9 Å². The van der Waals surface area contributed by atoms with Crippen molar-refractivity contribution in [1.82, 2.24) is 15.1 Å². The van der Waals surface area contributed by atoms with Crippen LogP contribution in [-0.2, 0) is 16.0 Å². The molecule has 0 radical (unpaired) electrons. The Morgan fingerprint density at radius 1 is 1.28 bits per heavy atom. The Hall–Kier alpha value is -2.58. The Balaban J connectivity index is 1.32. The third kappa shape index (κ3) is 4.71. The average molecular weight is 415 g/mol. The van der Waals surface area contributed by atoms with Crippen molar-refractivity contribution in [2.24, 2.45) is 0 Å². The first-order chi connectivity index (χ1) is 14.1. The van der Waals surface area contributed by atoms with E-state index in [9.17, 15) is 9.18 Å². The molecule has 0 N–H and O–H groups in total. The van der Waals surface area contributed by atoms with E-state index >= 15 is 0 Å². The molecule has 0 spiro atoms. The van der Waals surface area contributed by atoms with E-state index in [2.05, 4.69) is 10.2 Å². The maximum atomic E-state index is 13.2. The predicted octanol–water partition coefficient (Wildman–Crippen LogP) is 4.25. The number of aryl methyl sites for hydroxylation is 1. The number of aromatic nitrogens is 2. The number of hydrogen-bond donors (Lipinski definition) is 0. The first-order valence-electron chi connectivity index (χ1n) is 9.58. The monoisotopic (exact) mass is 415 g/mol. The highest BCUT2D eigenvalue weighted by molar-refractivity contribution is 7.08. The highest BCUT2D eigenvalue weighted by atomic mass is 32.1. The minimum absolute atomic E-state index is 0.0324. The lowest BCUT2D eigenvalue weighted by Gasteiger charge is -2.35. The minimum Gasteiger partial charge on any atom is -0.421 e. The summed E-state index contributed by atoms with van der Waals surface area (Å²) in [4.78, 5) is 14.5. The van der Waals surface area contributed by atoms with Crippen molar-refractivity contribution in [3.05, 3.63) is 58.4 Å². The van der Waals surface area contributed by atoms with E-state index in [1.165, 1.54) is 12.1 Å². The van der Waals surface area contributed by atoms with Crippen LogP contribution < -0.4 is 0 Å². The second kappa shape index (κ2) is 8.84. The van der Waals surface area contributed by atoms with E-state index in [1.54, 1.807) is 28.4 Å². The number of nitrogens with zero attached hydrogens (tertiary/aromatic N) is 3. The van der Waals surface area contributed by atoms with Gasteiger partial charge in [0.15, 0.2) is 0 Å². The fraction of sp³-hybridized carbons (Fsp3) is 0.381. The molecule has 1 amide bonds. The minimum atomic E-state index is -0.267. The Morgan fingerprint density at radius 2 is 2.10 bits per heavy atom. The van der Waals surface area contributed by atoms with Crippen LogP contribution in [0, 0.1) is 5.82 Å². The molecule has 2 aromatic heterocycles. The smallest absolute Gasteiger partial charge is 0.248 e. The molecular formula is C21H22FN3O3S. The van der Waals surface area contributed by atoms with Crippen LogP contribution in [0.1, 0.15) is 36.8 Å². The average Bonchev–Trinajstić information content (AvgIpc) is 3.44. The predicted molar refractivity (Wildman–Crippen MR) is 107 cm³/mol. The Morgan fingerprint density at radius 3 is 2.86 bits per heavy atom. The zero-order valence-corrected chi connectivity index (χ0v) is 16.9. The summed E-state index contributed by atoms with van der Waals surface area (Å²) in [5.74, 6) is 0.708. The number of carbonyl (C=O) groups is 1. The normalized spacial score (nSPS) is 19.2. The van der Waals surface area contributed by atoms with Gasteiger partial charge in [0.2, 0.25) is 17.7 Å². The Kier molecular flexibility index (Phi) is 6.01. The molecule has 0 saturated carbocycles. The maximum Gasteiger partial charge on any atom is 0.248 e. The summed E-state index contributed by atoms with van der Waals surface area (Å²) in [6.07, 6.45) is 2.05. The van der Waals surface area contributed by atoms with Gasteiger partial charge in [0.25, 0.3) is 0 Å². The van der Waals surface area contributed by atoms with Gasteiger partial charge in [-0.1, -0.05) is 12.1 Å². The largest absolute Gasteiger partial charge is 0.421 e. The number of hydrogen-bond acceptors (Lipinski definition) is 6. The highest BCUT2D eigenvalue weighted by Gasteiger charge is 2.29. The molecule has 4 rings (SSSR count).